The van der Waals surface area contributed by atoms with Gasteiger partial charge in [-0.2, -0.15) is 0 Å². The third-order valence-corrected chi connectivity index (χ3v) is 4.19. The van der Waals surface area contributed by atoms with Gasteiger partial charge in [-0.15, -0.1) is 12.4 Å². The molecule has 9 heteroatoms. The number of carbonyl (C=O) groups excluding carboxylic acids is 3. The molecule has 2 fully saturated rings. The van der Waals surface area contributed by atoms with E-state index in [1.165, 1.54) is 4.90 Å². The maximum absolute atomic E-state index is 12.0. The van der Waals surface area contributed by atoms with Crippen LogP contribution in [0.1, 0.15) is 26.7 Å². The molecule has 0 aromatic heterocycles. The molecule has 0 atom stereocenters. The van der Waals surface area contributed by atoms with Crippen LogP contribution < -0.4 is 16.0 Å². The highest BCUT2D eigenvalue weighted by atomic mass is 35.5. The van der Waals surface area contributed by atoms with Gasteiger partial charge in [0, 0.05) is 52.2 Å². The number of nitrogens with zero attached hydrogens (tertiary/aromatic N) is 2. The molecule has 3 N–H and O–H groups in total. The van der Waals surface area contributed by atoms with Crippen molar-refractivity contribution in [2.24, 2.45) is 0 Å². The summed E-state index contributed by atoms with van der Waals surface area (Å²) in [5.74, 6) is -0.270. The SMILES string of the molecule is CC1(C)NC(=O)N(CCCC(=O)NCCN2CCNCC2)C1=O.Cl. The molecule has 0 bridgehead atoms. The van der Waals surface area contributed by atoms with Crippen LogP contribution in [-0.2, 0) is 9.59 Å². The fourth-order valence-electron chi connectivity index (χ4n) is 2.80. The number of rotatable bonds is 7. The highest BCUT2D eigenvalue weighted by Crippen LogP contribution is 2.16. The highest BCUT2D eigenvalue weighted by Gasteiger charge is 2.43. The van der Waals surface area contributed by atoms with E-state index in [4.69, 9.17) is 0 Å². The zero-order valence-corrected chi connectivity index (χ0v) is 15.2. The number of amides is 4. The Morgan fingerprint density at radius 1 is 1.21 bits per heavy atom. The van der Waals surface area contributed by atoms with Crippen molar-refractivity contribution in [1.82, 2.24) is 25.8 Å². The van der Waals surface area contributed by atoms with E-state index in [9.17, 15) is 14.4 Å². The van der Waals surface area contributed by atoms with Crippen LogP contribution in [-0.4, -0.2) is 79.0 Å². The summed E-state index contributed by atoms with van der Waals surface area (Å²) in [6.45, 7) is 9.14. The maximum atomic E-state index is 12.0. The number of nitrogens with one attached hydrogen (secondary N) is 3. The van der Waals surface area contributed by atoms with Crippen molar-refractivity contribution in [2.45, 2.75) is 32.2 Å². The van der Waals surface area contributed by atoms with Crippen molar-refractivity contribution in [2.75, 3.05) is 45.8 Å². The van der Waals surface area contributed by atoms with Crippen molar-refractivity contribution >= 4 is 30.3 Å². The maximum Gasteiger partial charge on any atom is 0.325 e. The van der Waals surface area contributed by atoms with Gasteiger partial charge in [0.1, 0.15) is 5.54 Å². The van der Waals surface area contributed by atoms with Gasteiger partial charge in [-0.1, -0.05) is 0 Å². The molecule has 2 saturated heterocycles. The highest BCUT2D eigenvalue weighted by molar-refractivity contribution is 6.06. The summed E-state index contributed by atoms with van der Waals surface area (Å²) in [5, 5.41) is 8.80. The Morgan fingerprint density at radius 3 is 2.46 bits per heavy atom. The third kappa shape index (κ3) is 5.61. The second-order valence-electron chi connectivity index (χ2n) is 6.56. The topological polar surface area (TPSA) is 93.8 Å². The van der Waals surface area contributed by atoms with E-state index >= 15 is 0 Å². The largest absolute Gasteiger partial charge is 0.355 e. The molecule has 0 saturated carbocycles. The van der Waals surface area contributed by atoms with Gasteiger partial charge in [0.25, 0.3) is 5.91 Å². The van der Waals surface area contributed by atoms with Crippen LogP contribution >= 0.6 is 12.4 Å². The first kappa shape index (κ1) is 20.7. The standard InChI is InChI=1S/C15H27N5O3.ClH/c1-15(2)13(22)20(14(23)18-15)8-3-4-12(21)17-7-11-19-9-5-16-6-10-19;/h16H,3-11H2,1-2H3,(H,17,21)(H,18,23);1H. The molecule has 0 aliphatic carbocycles. The van der Waals surface area contributed by atoms with E-state index < -0.39 is 5.54 Å². The molecule has 2 rings (SSSR count). The Balaban J connectivity index is 0.00000288. The average molecular weight is 362 g/mol. The summed E-state index contributed by atoms with van der Waals surface area (Å²) in [7, 11) is 0. The van der Waals surface area contributed by atoms with E-state index in [-0.39, 0.29) is 36.8 Å². The summed E-state index contributed by atoms with van der Waals surface area (Å²) < 4.78 is 0. The summed E-state index contributed by atoms with van der Waals surface area (Å²) in [4.78, 5) is 39.0. The van der Waals surface area contributed by atoms with Gasteiger partial charge in [0.15, 0.2) is 0 Å². The van der Waals surface area contributed by atoms with E-state index in [1.54, 1.807) is 13.8 Å². The van der Waals surface area contributed by atoms with Crippen molar-refractivity contribution in [3.63, 3.8) is 0 Å². The minimum atomic E-state index is -0.845. The first-order valence-electron chi connectivity index (χ1n) is 8.24. The van der Waals surface area contributed by atoms with Crippen molar-refractivity contribution < 1.29 is 14.4 Å². The molecule has 0 aromatic carbocycles. The lowest BCUT2D eigenvalue weighted by Gasteiger charge is -2.27. The normalized spacial score (nSPS) is 20.5. The molecule has 24 heavy (non-hydrogen) atoms. The predicted octanol–water partition coefficient (Wildman–Crippen LogP) is -0.460. The molecule has 138 valence electrons. The Morgan fingerprint density at radius 2 is 1.88 bits per heavy atom. The Bertz CT molecular complexity index is 466. The zero-order chi connectivity index (χ0) is 16.9. The van der Waals surface area contributed by atoms with E-state index in [1.807, 2.05) is 0 Å². The molecule has 2 heterocycles. The second-order valence-corrected chi connectivity index (χ2v) is 6.56. The first-order chi connectivity index (χ1) is 10.9. The van der Waals surface area contributed by atoms with Crippen LogP contribution in [0, 0.1) is 0 Å². The van der Waals surface area contributed by atoms with Crippen LogP contribution in [0.2, 0.25) is 0 Å². The third-order valence-electron chi connectivity index (χ3n) is 4.19. The fraction of sp³-hybridized carbons (Fsp3) is 0.800. The minimum Gasteiger partial charge on any atom is -0.355 e. The number of carbonyl (C=O) groups is 3. The molecular formula is C15H28ClN5O3. The van der Waals surface area contributed by atoms with Gasteiger partial charge in [-0.3, -0.25) is 19.4 Å². The zero-order valence-electron chi connectivity index (χ0n) is 14.4. The van der Waals surface area contributed by atoms with Crippen molar-refractivity contribution in [3.05, 3.63) is 0 Å². The smallest absolute Gasteiger partial charge is 0.325 e. The fourth-order valence-corrected chi connectivity index (χ4v) is 2.80. The number of hydrogen-bond donors (Lipinski definition) is 3. The minimum absolute atomic E-state index is 0. The number of piperazine rings is 1. The molecule has 0 radical (unpaired) electrons. The van der Waals surface area contributed by atoms with E-state index in [0.29, 0.717) is 19.4 Å². The van der Waals surface area contributed by atoms with Gasteiger partial charge in [-0.05, 0) is 20.3 Å². The van der Waals surface area contributed by atoms with Gasteiger partial charge in [-0.25, -0.2) is 4.79 Å². The Kier molecular flexibility index (Phi) is 7.92. The number of urea groups is 1. The van der Waals surface area contributed by atoms with Crippen LogP contribution in [0.3, 0.4) is 0 Å². The molecule has 2 aliphatic rings. The molecule has 0 spiro atoms. The molecule has 8 nitrogen and oxygen atoms in total. The monoisotopic (exact) mass is 361 g/mol. The summed E-state index contributed by atoms with van der Waals surface area (Å²) in [5.41, 5.74) is -0.845. The molecule has 0 unspecified atom stereocenters. The summed E-state index contributed by atoms with van der Waals surface area (Å²) in [6.07, 6.45) is 0.799. The van der Waals surface area contributed by atoms with E-state index in [0.717, 1.165) is 32.7 Å². The van der Waals surface area contributed by atoms with Gasteiger partial charge < -0.3 is 16.0 Å². The quantitative estimate of drug-likeness (QED) is 0.533. The Labute approximate surface area is 149 Å². The van der Waals surface area contributed by atoms with Gasteiger partial charge in [0.05, 0.1) is 0 Å². The first-order valence-corrected chi connectivity index (χ1v) is 8.24. The van der Waals surface area contributed by atoms with E-state index in [2.05, 4.69) is 20.9 Å². The summed E-state index contributed by atoms with van der Waals surface area (Å²) in [6, 6.07) is -0.376. The van der Waals surface area contributed by atoms with Crippen LogP contribution in [0.5, 0.6) is 0 Å². The van der Waals surface area contributed by atoms with Crippen LogP contribution in [0.15, 0.2) is 0 Å². The van der Waals surface area contributed by atoms with Crippen LogP contribution in [0.4, 0.5) is 4.79 Å². The lowest BCUT2D eigenvalue weighted by Crippen LogP contribution is -2.46. The summed E-state index contributed by atoms with van der Waals surface area (Å²) >= 11 is 0. The number of halogens is 1. The second kappa shape index (κ2) is 9.19. The Hall–Kier alpha value is -1.38. The van der Waals surface area contributed by atoms with Crippen molar-refractivity contribution in [1.29, 1.82) is 0 Å². The number of imide groups is 1. The average Bonchev–Trinajstić information content (AvgIpc) is 2.70. The van der Waals surface area contributed by atoms with Crippen LogP contribution in [0.25, 0.3) is 0 Å². The molecule has 4 amide bonds. The van der Waals surface area contributed by atoms with Gasteiger partial charge >= 0.3 is 6.03 Å². The molecule has 2 aliphatic heterocycles. The van der Waals surface area contributed by atoms with Gasteiger partial charge in [0.2, 0.25) is 5.91 Å². The molecular weight excluding hydrogens is 334 g/mol. The van der Waals surface area contributed by atoms with Crippen molar-refractivity contribution in [3.8, 4) is 0 Å². The predicted molar refractivity (Wildman–Crippen MR) is 93.1 cm³/mol. The lowest BCUT2D eigenvalue weighted by atomic mass is 10.1. The number of hydrogen-bond acceptors (Lipinski definition) is 5. The lowest BCUT2D eigenvalue weighted by molar-refractivity contribution is -0.130. The molecule has 0 aromatic rings.